The Bertz CT molecular complexity index is 1020. The number of imide groups is 1. The summed E-state index contributed by atoms with van der Waals surface area (Å²) in [6.07, 6.45) is 2.44. The van der Waals surface area contributed by atoms with Crippen LogP contribution in [0.5, 0.6) is 0 Å². The SMILES string of the molecule is Cc1ccc(C(=O)COC(=O)c2ccc(N3C(=O)[C@@H]4CC[C@@H](C)C[C@H]4C3=O)cc2)cc1. The van der Waals surface area contributed by atoms with Crippen LogP contribution in [0.3, 0.4) is 0 Å². The van der Waals surface area contributed by atoms with Crippen LogP contribution >= 0.6 is 0 Å². The van der Waals surface area contributed by atoms with E-state index >= 15 is 0 Å². The van der Waals surface area contributed by atoms with Gasteiger partial charge in [0, 0.05) is 5.56 Å². The lowest BCUT2D eigenvalue weighted by atomic mass is 9.76. The number of fused-ring (bicyclic) bond motifs is 1. The normalized spacial score (nSPS) is 22.9. The molecule has 1 aliphatic heterocycles. The van der Waals surface area contributed by atoms with Crippen molar-refractivity contribution in [1.29, 1.82) is 0 Å². The van der Waals surface area contributed by atoms with Gasteiger partial charge >= 0.3 is 5.97 Å². The van der Waals surface area contributed by atoms with Crippen molar-refractivity contribution in [2.75, 3.05) is 11.5 Å². The molecule has 2 aliphatic rings. The fourth-order valence-electron chi connectivity index (χ4n) is 4.43. The van der Waals surface area contributed by atoms with Crippen LogP contribution in [0.25, 0.3) is 0 Å². The second-order valence-corrected chi connectivity index (χ2v) is 8.56. The van der Waals surface area contributed by atoms with Gasteiger partial charge in [0.1, 0.15) is 0 Å². The lowest BCUT2D eigenvalue weighted by Crippen LogP contribution is -2.30. The molecule has 1 saturated carbocycles. The first-order chi connectivity index (χ1) is 14.8. The van der Waals surface area contributed by atoms with E-state index in [9.17, 15) is 19.2 Å². The van der Waals surface area contributed by atoms with E-state index in [1.54, 1.807) is 24.3 Å². The molecule has 0 unspecified atom stereocenters. The highest BCUT2D eigenvalue weighted by atomic mass is 16.5. The van der Waals surface area contributed by atoms with Gasteiger partial charge in [-0.2, -0.15) is 0 Å². The van der Waals surface area contributed by atoms with E-state index in [0.717, 1.165) is 24.8 Å². The number of carbonyl (C=O) groups excluding carboxylic acids is 4. The van der Waals surface area contributed by atoms with Gasteiger partial charge in [0.05, 0.1) is 23.1 Å². The van der Waals surface area contributed by atoms with Crippen molar-refractivity contribution in [3.63, 3.8) is 0 Å². The van der Waals surface area contributed by atoms with Crippen LogP contribution in [-0.2, 0) is 14.3 Å². The second-order valence-electron chi connectivity index (χ2n) is 8.56. The first kappa shape index (κ1) is 21.0. The van der Waals surface area contributed by atoms with Crippen molar-refractivity contribution in [2.24, 2.45) is 17.8 Å². The van der Waals surface area contributed by atoms with Crippen molar-refractivity contribution in [3.05, 3.63) is 65.2 Å². The van der Waals surface area contributed by atoms with E-state index in [0.29, 0.717) is 17.2 Å². The molecule has 0 spiro atoms. The molecule has 1 aliphatic carbocycles. The third kappa shape index (κ3) is 4.15. The van der Waals surface area contributed by atoms with Crippen molar-refractivity contribution in [1.82, 2.24) is 0 Å². The fraction of sp³-hybridized carbons (Fsp3) is 0.360. The molecular formula is C25H25NO5. The summed E-state index contributed by atoms with van der Waals surface area (Å²) in [5, 5.41) is 0. The quantitative estimate of drug-likeness (QED) is 0.416. The van der Waals surface area contributed by atoms with E-state index in [4.69, 9.17) is 4.74 Å². The average molecular weight is 419 g/mol. The van der Waals surface area contributed by atoms with Crippen LogP contribution < -0.4 is 4.90 Å². The number of hydrogen-bond acceptors (Lipinski definition) is 5. The summed E-state index contributed by atoms with van der Waals surface area (Å²) >= 11 is 0. The third-order valence-electron chi connectivity index (χ3n) is 6.26. The molecule has 0 aromatic heterocycles. The lowest BCUT2D eigenvalue weighted by Gasteiger charge is -2.25. The molecule has 160 valence electrons. The van der Waals surface area contributed by atoms with Gasteiger partial charge < -0.3 is 4.74 Å². The number of esters is 1. The molecule has 31 heavy (non-hydrogen) atoms. The van der Waals surface area contributed by atoms with Gasteiger partial charge in [-0.15, -0.1) is 0 Å². The molecule has 2 aromatic carbocycles. The van der Waals surface area contributed by atoms with E-state index in [1.807, 2.05) is 19.1 Å². The summed E-state index contributed by atoms with van der Waals surface area (Å²) in [4.78, 5) is 51.4. The van der Waals surface area contributed by atoms with Gasteiger partial charge in [0.15, 0.2) is 12.4 Å². The molecule has 0 radical (unpaired) electrons. The summed E-state index contributed by atoms with van der Waals surface area (Å²) < 4.78 is 5.14. The Hall–Kier alpha value is -3.28. The van der Waals surface area contributed by atoms with Crippen LogP contribution in [0.2, 0.25) is 0 Å². The molecule has 2 amide bonds. The van der Waals surface area contributed by atoms with Crippen LogP contribution in [0.1, 0.15) is 52.5 Å². The highest BCUT2D eigenvalue weighted by Gasteiger charge is 2.49. The average Bonchev–Trinajstić information content (AvgIpc) is 3.02. The fourth-order valence-corrected chi connectivity index (χ4v) is 4.43. The smallest absolute Gasteiger partial charge is 0.338 e. The van der Waals surface area contributed by atoms with Gasteiger partial charge in [-0.25, -0.2) is 4.79 Å². The Morgan fingerprint density at radius 3 is 2.19 bits per heavy atom. The predicted molar refractivity (Wildman–Crippen MR) is 115 cm³/mol. The van der Waals surface area contributed by atoms with E-state index < -0.39 is 5.97 Å². The Morgan fingerprint density at radius 1 is 0.903 bits per heavy atom. The molecule has 0 N–H and O–H groups in total. The molecule has 4 rings (SSSR count). The predicted octanol–water partition coefficient (Wildman–Crippen LogP) is 3.96. The molecule has 1 saturated heterocycles. The number of rotatable bonds is 5. The molecule has 6 heteroatoms. The summed E-state index contributed by atoms with van der Waals surface area (Å²) in [7, 11) is 0. The summed E-state index contributed by atoms with van der Waals surface area (Å²) in [6, 6.07) is 13.2. The molecule has 3 atom stereocenters. The van der Waals surface area contributed by atoms with E-state index in [1.165, 1.54) is 17.0 Å². The Kier molecular flexibility index (Phi) is 5.72. The molecule has 2 fully saturated rings. The maximum Gasteiger partial charge on any atom is 0.338 e. The Morgan fingerprint density at radius 2 is 1.52 bits per heavy atom. The van der Waals surface area contributed by atoms with Gasteiger partial charge in [-0.1, -0.05) is 36.8 Å². The van der Waals surface area contributed by atoms with Crippen LogP contribution in [-0.4, -0.2) is 30.2 Å². The zero-order valence-electron chi connectivity index (χ0n) is 17.7. The number of anilines is 1. The lowest BCUT2D eigenvalue weighted by molar-refractivity contribution is -0.122. The summed E-state index contributed by atoms with van der Waals surface area (Å²) in [6.45, 7) is 3.69. The number of ketones is 1. The Labute approximate surface area is 181 Å². The number of Topliss-reactive ketones (excluding diaryl/α,β-unsaturated/α-hetero) is 1. The van der Waals surface area contributed by atoms with Gasteiger partial charge in [0.25, 0.3) is 0 Å². The molecule has 6 nitrogen and oxygen atoms in total. The van der Waals surface area contributed by atoms with E-state index in [-0.39, 0.29) is 41.6 Å². The van der Waals surface area contributed by atoms with Gasteiger partial charge in [0.2, 0.25) is 11.8 Å². The number of benzene rings is 2. The summed E-state index contributed by atoms with van der Waals surface area (Å²) in [5.41, 5.74) is 2.24. The first-order valence-electron chi connectivity index (χ1n) is 10.6. The maximum absolute atomic E-state index is 12.8. The van der Waals surface area contributed by atoms with Crippen LogP contribution in [0, 0.1) is 24.7 Å². The number of carbonyl (C=O) groups is 4. The minimum Gasteiger partial charge on any atom is -0.454 e. The van der Waals surface area contributed by atoms with Crippen molar-refractivity contribution in [3.8, 4) is 0 Å². The molecule has 1 heterocycles. The van der Waals surface area contributed by atoms with Crippen LogP contribution in [0.15, 0.2) is 48.5 Å². The second kappa shape index (κ2) is 8.46. The van der Waals surface area contributed by atoms with Gasteiger partial charge in [-0.05, 0) is 56.4 Å². The number of aryl methyl sites for hydroxylation is 1. The number of nitrogens with zero attached hydrogens (tertiary/aromatic N) is 1. The topological polar surface area (TPSA) is 80.8 Å². The number of amides is 2. The van der Waals surface area contributed by atoms with Crippen molar-refractivity contribution in [2.45, 2.75) is 33.1 Å². The minimum atomic E-state index is -0.631. The van der Waals surface area contributed by atoms with Crippen LogP contribution in [0.4, 0.5) is 5.69 Å². The first-order valence-corrected chi connectivity index (χ1v) is 10.6. The molecule has 0 bridgehead atoms. The molecule has 2 aromatic rings. The highest BCUT2D eigenvalue weighted by Crippen LogP contribution is 2.42. The van der Waals surface area contributed by atoms with Crippen molar-refractivity contribution < 1.29 is 23.9 Å². The van der Waals surface area contributed by atoms with E-state index in [2.05, 4.69) is 6.92 Å². The zero-order chi connectivity index (χ0) is 22.1. The largest absolute Gasteiger partial charge is 0.454 e. The Balaban J connectivity index is 1.40. The highest BCUT2D eigenvalue weighted by molar-refractivity contribution is 6.22. The third-order valence-corrected chi connectivity index (χ3v) is 6.26. The maximum atomic E-state index is 12.8. The zero-order valence-corrected chi connectivity index (χ0v) is 17.7. The molecular weight excluding hydrogens is 394 g/mol. The monoisotopic (exact) mass is 419 g/mol. The number of hydrogen-bond donors (Lipinski definition) is 0. The summed E-state index contributed by atoms with van der Waals surface area (Å²) in [5.74, 6) is -1.25. The standard InChI is InChI=1S/C25H25NO5/c1-15-3-6-17(7-4-15)22(27)14-31-25(30)18-8-10-19(11-9-18)26-23(28)20-12-5-16(2)13-21(20)24(26)29/h3-4,6-11,16,20-21H,5,12-14H2,1-2H3/t16-,20-,21-/m1/s1. The van der Waals surface area contributed by atoms with Crippen molar-refractivity contribution >= 4 is 29.3 Å². The van der Waals surface area contributed by atoms with Gasteiger partial charge in [-0.3, -0.25) is 19.3 Å². The number of ether oxygens (including phenoxy) is 1. The minimum absolute atomic E-state index is 0.152.